The maximum absolute atomic E-state index is 12.8. The third-order valence-corrected chi connectivity index (χ3v) is 2.58. The topological polar surface area (TPSA) is 12.0 Å². The van der Waals surface area contributed by atoms with Gasteiger partial charge in [-0.05, 0) is 31.1 Å². The fraction of sp³-hybridized carbons (Fsp3) is 1.00. The molecule has 0 heterocycles. The van der Waals surface area contributed by atoms with Crippen LogP contribution in [0.1, 0.15) is 46.5 Å². The normalized spacial score (nSPS) is 30.5. The van der Waals surface area contributed by atoms with Crippen molar-refractivity contribution >= 4 is 0 Å². The Morgan fingerprint density at radius 2 is 1.69 bits per heavy atom. The fourth-order valence-corrected chi connectivity index (χ4v) is 1.71. The van der Waals surface area contributed by atoms with Crippen LogP contribution in [0.5, 0.6) is 0 Å². The monoisotopic (exact) mass is 187 g/mol. The summed E-state index contributed by atoms with van der Waals surface area (Å²) in [5.74, 6) is 0. The fourth-order valence-electron chi connectivity index (χ4n) is 1.71. The number of hydrogen-bond acceptors (Lipinski definition) is 1. The molecule has 1 saturated carbocycles. The van der Waals surface area contributed by atoms with E-state index in [1.807, 2.05) is 0 Å². The van der Waals surface area contributed by atoms with Gasteiger partial charge in [-0.25, -0.2) is 4.39 Å². The Morgan fingerprint density at radius 1 is 1.15 bits per heavy atom. The SMILES string of the molecule is CC(C)(C)CNC1CCC(F)CC1. The molecule has 0 aromatic heterocycles. The first kappa shape index (κ1) is 11.0. The van der Waals surface area contributed by atoms with Crippen molar-refractivity contribution in [2.45, 2.75) is 58.7 Å². The molecule has 0 radical (unpaired) electrons. The summed E-state index contributed by atoms with van der Waals surface area (Å²) in [4.78, 5) is 0. The van der Waals surface area contributed by atoms with Crippen molar-refractivity contribution in [3.05, 3.63) is 0 Å². The molecule has 1 N–H and O–H groups in total. The molecule has 0 spiro atoms. The van der Waals surface area contributed by atoms with Gasteiger partial charge in [0.05, 0.1) is 0 Å². The van der Waals surface area contributed by atoms with Crippen LogP contribution in [0, 0.1) is 5.41 Å². The quantitative estimate of drug-likeness (QED) is 0.701. The van der Waals surface area contributed by atoms with Gasteiger partial charge >= 0.3 is 0 Å². The molecule has 0 aromatic rings. The van der Waals surface area contributed by atoms with Crippen molar-refractivity contribution in [3.8, 4) is 0 Å². The van der Waals surface area contributed by atoms with Crippen molar-refractivity contribution in [2.75, 3.05) is 6.54 Å². The van der Waals surface area contributed by atoms with Gasteiger partial charge in [0.1, 0.15) is 6.17 Å². The van der Waals surface area contributed by atoms with E-state index in [0.29, 0.717) is 11.5 Å². The van der Waals surface area contributed by atoms with Crippen LogP contribution in [0.25, 0.3) is 0 Å². The van der Waals surface area contributed by atoms with E-state index in [1.54, 1.807) is 0 Å². The predicted molar refractivity (Wildman–Crippen MR) is 54.6 cm³/mol. The molecule has 2 heteroatoms. The molecule has 0 unspecified atom stereocenters. The Morgan fingerprint density at radius 3 is 2.15 bits per heavy atom. The summed E-state index contributed by atoms with van der Waals surface area (Å²) in [5, 5.41) is 3.52. The third-order valence-electron chi connectivity index (χ3n) is 2.58. The Balaban J connectivity index is 2.16. The smallest absolute Gasteiger partial charge is 0.100 e. The summed E-state index contributed by atoms with van der Waals surface area (Å²) in [6.07, 6.45) is 2.99. The molecule has 1 aliphatic rings. The van der Waals surface area contributed by atoms with E-state index in [0.717, 1.165) is 32.2 Å². The molecular weight excluding hydrogens is 165 g/mol. The van der Waals surface area contributed by atoms with Crippen LogP contribution in [-0.2, 0) is 0 Å². The second kappa shape index (κ2) is 4.41. The van der Waals surface area contributed by atoms with Crippen molar-refractivity contribution in [1.29, 1.82) is 0 Å². The highest BCUT2D eigenvalue weighted by Gasteiger charge is 2.21. The molecule has 0 bridgehead atoms. The molecule has 1 fully saturated rings. The van der Waals surface area contributed by atoms with Crippen molar-refractivity contribution in [2.24, 2.45) is 5.41 Å². The molecule has 1 aliphatic carbocycles. The van der Waals surface area contributed by atoms with Crippen LogP contribution in [0.15, 0.2) is 0 Å². The van der Waals surface area contributed by atoms with Crippen molar-refractivity contribution in [3.63, 3.8) is 0 Å². The molecule has 0 saturated heterocycles. The number of halogens is 1. The molecular formula is C11H22FN. The average Bonchev–Trinajstić information content (AvgIpc) is 2.02. The molecule has 0 aliphatic heterocycles. The standard InChI is InChI=1S/C11H22FN/c1-11(2,3)8-13-10-6-4-9(12)5-7-10/h9-10,13H,4-8H2,1-3H3. The van der Waals surface area contributed by atoms with E-state index in [-0.39, 0.29) is 0 Å². The number of alkyl halides is 1. The van der Waals surface area contributed by atoms with Crippen molar-refractivity contribution in [1.82, 2.24) is 5.32 Å². The lowest BCUT2D eigenvalue weighted by Crippen LogP contribution is -2.38. The van der Waals surface area contributed by atoms with Gasteiger partial charge in [0.2, 0.25) is 0 Å². The summed E-state index contributed by atoms with van der Waals surface area (Å²) < 4.78 is 12.8. The zero-order valence-electron chi connectivity index (χ0n) is 9.07. The van der Waals surface area contributed by atoms with Crippen LogP contribution in [-0.4, -0.2) is 18.8 Å². The summed E-state index contributed by atoms with van der Waals surface area (Å²) >= 11 is 0. The van der Waals surface area contributed by atoms with Crippen LogP contribution in [0.3, 0.4) is 0 Å². The third kappa shape index (κ3) is 4.61. The number of nitrogens with one attached hydrogen (secondary N) is 1. The van der Waals surface area contributed by atoms with Crippen LogP contribution < -0.4 is 5.32 Å². The summed E-state index contributed by atoms with van der Waals surface area (Å²) in [5.41, 5.74) is 0.340. The van der Waals surface area contributed by atoms with Gasteiger partial charge in [0, 0.05) is 12.6 Å². The maximum atomic E-state index is 12.8. The zero-order valence-corrected chi connectivity index (χ0v) is 9.07. The lowest BCUT2D eigenvalue weighted by molar-refractivity contribution is 0.210. The molecule has 0 atom stereocenters. The predicted octanol–water partition coefficient (Wildman–Crippen LogP) is 2.90. The van der Waals surface area contributed by atoms with E-state index < -0.39 is 6.17 Å². The van der Waals surface area contributed by atoms with Crippen molar-refractivity contribution < 1.29 is 4.39 Å². The Hall–Kier alpha value is -0.110. The first-order valence-electron chi connectivity index (χ1n) is 5.35. The minimum atomic E-state index is -0.535. The minimum absolute atomic E-state index is 0.340. The summed E-state index contributed by atoms with van der Waals surface area (Å²) in [7, 11) is 0. The van der Waals surface area contributed by atoms with Crippen LogP contribution in [0.4, 0.5) is 4.39 Å². The van der Waals surface area contributed by atoms with Gasteiger partial charge in [-0.2, -0.15) is 0 Å². The van der Waals surface area contributed by atoms with E-state index in [2.05, 4.69) is 26.1 Å². The number of rotatable bonds is 2. The lowest BCUT2D eigenvalue weighted by atomic mass is 9.91. The Kier molecular flexibility index (Phi) is 3.72. The van der Waals surface area contributed by atoms with Gasteiger partial charge in [-0.3, -0.25) is 0 Å². The molecule has 78 valence electrons. The first-order chi connectivity index (χ1) is 5.97. The molecule has 1 nitrogen and oxygen atoms in total. The van der Waals surface area contributed by atoms with E-state index in [1.165, 1.54) is 0 Å². The van der Waals surface area contributed by atoms with Gasteiger partial charge < -0.3 is 5.32 Å². The highest BCUT2D eigenvalue weighted by molar-refractivity contribution is 4.78. The average molecular weight is 187 g/mol. The summed E-state index contributed by atoms with van der Waals surface area (Å²) in [6, 6.07) is 0.561. The molecule has 1 rings (SSSR count). The summed E-state index contributed by atoms with van der Waals surface area (Å²) in [6.45, 7) is 7.71. The highest BCUT2D eigenvalue weighted by atomic mass is 19.1. The second-order valence-electron chi connectivity index (χ2n) is 5.39. The molecule has 13 heavy (non-hydrogen) atoms. The Labute approximate surface area is 81.1 Å². The van der Waals surface area contributed by atoms with E-state index in [9.17, 15) is 4.39 Å². The van der Waals surface area contributed by atoms with Crippen LogP contribution in [0.2, 0.25) is 0 Å². The van der Waals surface area contributed by atoms with E-state index in [4.69, 9.17) is 0 Å². The second-order valence-corrected chi connectivity index (χ2v) is 5.39. The highest BCUT2D eigenvalue weighted by Crippen LogP contribution is 2.22. The molecule has 0 amide bonds. The largest absolute Gasteiger partial charge is 0.313 e. The molecule has 0 aromatic carbocycles. The lowest BCUT2D eigenvalue weighted by Gasteiger charge is -2.28. The van der Waals surface area contributed by atoms with E-state index >= 15 is 0 Å². The van der Waals surface area contributed by atoms with Crippen LogP contribution >= 0.6 is 0 Å². The van der Waals surface area contributed by atoms with Gasteiger partial charge in [-0.15, -0.1) is 0 Å². The minimum Gasteiger partial charge on any atom is -0.313 e. The van der Waals surface area contributed by atoms with Gasteiger partial charge in [-0.1, -0.05) is 20.8 Å². The zero-order chi connectivity index (χ0) is 9.90. The first-order valence-corrected chi connectivity index (χ1v) is 5.35. The Bertz CT molecular complexity index is 143. The van der Waals surface area contributed by atoms with Gasteiger partial charge in [0.25, 0.3) is 0 Å². The maximum Gasteiger partial charge on any atom is 0.100 e. The van der Waals surface area contributed by atoms with Gasteiger partial charge in [0.15, 0.2) is 0 Å². The number of hydrogen-bond donors (Lipinski definition) is 1.